The molecule has 2 aliphatic rings. The molecule has 0 radical (unpaired) electrons. The third kappa shape index (κ3) is 4.09. The van der Waals surface area contributed by atoms with Crippen LogP contribution in [0.25, 0.3) is 44.2 Å². The molecule has 0 N–H and O–H groups in total. The second kappa shape index (κ2) is 10.0. The van der Waals surface area contributed by atoms with E-state index in [0.29, 0.717) is 0 Å². The van der Waals surface area contributed by atoms with Gasteiger partial charge in [0.05, 0.1) is 5.69 Å². The predicted molar refractivity (Wildman–Crippen MR) is 199 cm³/mol. The summed E-state index contributed by atoms with van der Waals surface area (Å²) in [6, 6.07) is 56.4. The standard InChI is InChI=1S/C46H37N/c1-45(2)40-20-10-8-18-38(40)44-41(45)21-12-22-43(44)47(35-25-26-37-36-17-7-9-19-39(36)46(3,4)42(37)29-35)34-16-11-15-32(28-34)33-24-23-30-13-5-6-14-31(30)27-33/h5-29H,1-4H3. The lowest BCUT2D eigenvalue weighted by Gasteiger charge is -2.30. The molecule has 0 heterocycles. The van der Waals surface area contributed by atoms with Crippen LogP contribution in [0.15, 0.2) is 152 Å². The highest BCUT2D eigenvalue weighted by molar-refractivity contribution is 5.96. The third-order valence-corrected chi connectivity index (χ3v) is 10.8. The lowest BCUT2D eigenvalue weighted by Crippen LogP contribution is -2.17. The van der Waals surface area contributed by atoms with Gasteiger partial charge in [-0.2, -0.15) is 0 Å². The van der Waals surface area contributed by atoms with Crippen LogP contribution < -0.4 is 4.90 Å². The van der Waals surface area contributed by atoms with Crippen molar-refractivity contribution in [3.05, 3.63) is 174 Å². The highest BCUT2D eigenvalue weighted by Gasteiger charge is 2.39. The molecule has 1 nitrogen and oxygen atoms in total. The summed E-state index contributed by atoms with van der Waals surface area (Å²) >= 11 is 0. The Bertz CT molecular complexity index is 2370. The van der Waals surface area contributed by atoms with Crippen LogP contribution in [0.4, 0.5) is 17.1 Å². The predicted octanol–water partition coefficient (Wildman–Crippen LogP) is 12.6. The lowest BCUT2D eigenvalue weighted by atomic mass is 9.82. The van der Waals surface area contributed by atoms with E-state index < -0.39 is 0 Å². The van der Waals surface area contributed by atoms with Gasteiger partial charge in [-0.1, -0.05) is 143 Å². The molecule has 0 saturated carbocycles. The average Bonchev–Trinajstić information content (AvgIpc) is 3.48. The Balaban J connectivity index is 1.28. The second-order valence-corrected chi connectivity index (χ2v) is 14.2. The van der Waals surface area contributed by atoms with Crippen LogP contribution >= 0.6 is 0 Å². The quantitative estimate of drug-likeness (QED) is 0.193. The number of hydrogen-bond donors (Lipinski definition) is 0. The Morgan fingerprint density at radius 3 is 1.81 bits per heavy atom. The Morgan fingerprint density at radius 2 is 0.979 bits per heavy atom. The zero-order valence-electron chi connectivity index (χ0n) is 27.4. The summed E-state index contributed by atoms with van der Waals surface area (Å²) < 4.78 is 0. The molecule has 0 amide bonds. The Labute approximate surface area is 277 Å². The fourth-order valence-corrected chi connectivity index (χ4v) is 8.37. The molecule has 0 saturated heterocycles. The van der Waals surface area contributed by atoms with Gasteiger partial charge in [-0.25, -0.2) is 0 Å². The van der Waals surface area contributed by atoms with Gasteiger partial charge in [-0.3, -0.25) is 0 Å². The van der Waals surface area contributed by atoms with Crippen molar-refractivity contribution in [1.29, 1.82) is 0 Å². The van der Waals surface area contributed by atoms with Crippen molar-refractivity contribution in [3.63, 3.8) is 0 Å². The van der Waals surface area contributed by atoms with E-state index in [1.165, 1.54) is 77.8 Å². The zero-order chi connectivity index (χ0) is 31.9. The summed E-state index contributed by atoms with van der Waals surface area (Å²) in [6.07, 6.45) is 0. The van der Waals surface area contributed by atoms with Gasteiger partial charge in [0.1, 0.15) is 0 Å². The topological polar surface area (TPSA) is 3.24 Å². The molecule has 9 rings (SSSR count). The smallest absolute Gasteiger partial charge is 0.0543 e. The minimum absolute atomic E-state index is 0.0812. The van der Waals surface area contributed by atoms with Gasteiger partial charge in [0.25, 0.3) is 0 Å². The molecule has 0 atom stereocenters. The van der Waals surface area contributed by atoms with E-state index in [4.69, 9.17) is 0 Å². The third-order valence-electron chi connectivity index (χ3n) is 10.8. The first-order valence-corrected chi connectivity index (χ1v) is 16.7. The van der Waals surface area contributed by atoms with Crippen LogP contribution in [0.3, 0.4) is 0 Å². The first-order valence-electron chi connectivity index (χ1n) is 16.7. The number of hydrogen-bond acceptors (Lipinski definition) is 1. The van der Waals surface area contributed by atoms with Crippen molar-refractivity contribution in [3.8, 4) is 33.4 Å². The van der Waals surface area contributed by atoms with E-state index in [9.17, 15) is 0 Å². The van der Waals surface area contributed by atoms with E-state index >= 15 is 0 Å². The van der Waals surface area contributed by atoms with Gasteiger partial charge in [-0.05, 0) is 97.2 Å². The fourth-order valence-electron chi connectivity index (χ4n) is 8.37. The van der Waals surface area contributed by atoms with E-state index in [1.54, 1.807) is 0 Å². The van der Waals surface area contributed by atoms with Gasteiger partial charge in [0.2, 0.25) is 0 Å². The van der Waals surface area contributed by atoms with Gasteiger partial charge >= 0.3 is 0 Å². The molecular weight excluding hydrogens is 567 g/mol. The van der Waals surface area contributed by atoms with Crippen molar-refractivity contribution < 1.29 is 0 Å². The van der Waals surface area contributed by atoms with E-state index in [-0.39, 0.29) is 10.8 Å². The second-order valence-electron chi connectivity index (χ2n) is 14.2. The van der Waals surface area contributed by atoms with Crippen molar-refractivity contribution in [2.24, 2.45) is 0 Å². The van der Waals surface area contributed by atoms with Crippen molar-refractivity contribution in [1.82, 2.24) is 0 Å². The largest absolute Gasteiger partial charge is 0.310 e. The van der Waals surface area contributed by atoms with Crippen LogP contribution in [0.5, 0.6) is 0 Å². The molecule has 226 valence electrons. The number of fused-ring (bicyclic) bond motifs is 7. The number of benzene rings is 7. The fraction of sp³-hybridized carbons (Fsp3) is 0.130. The van der Waals surface area contributed by atoms with E-state index in [0.717, 1.165) is 5.69 Å². The maximum atomic E-state index is 2.50. The molecule has 0 aliphatic heterocycles. The summed E-state index contributed by atoms with van der Waals surface area (Å²) in [5.41, 5.74) is 16.7. The van der Waals surface area contributed by atoms with Gasteiger partial charge < -0.3 is 4.90 Å². The molecule has 0 fully saturated rings. The molecule has 7 aromatic rings. The van der Waals surface area contributed by atoms with Gasteiger partial charge in [-0.15, -0.1) is 0 Å². The van der Waals surface area contributed by atoms with E-state index in [1.807, 2.05) is 0 Å². The highest BCUT2D eigenvalue weighted by atomic mass is 15.1. The lowest BCUT2D eigenvalue weighted by molar-refractivity contribution is 0.660. The maximum absolute atomic E-state index is 2.50. The zero-order valence-corrected chi connectivity index (χ0v) is 27.4. The van der Waals surface area contributed by atoms with Gasteiger partial charge in [0, 0.05) is 27.8 Å². The average molecular weight is 604 g/mol. The first kappa shape index (κ1) is 27.9. The van der Waals surface area contributed by atoms with E-state index in [2.05, 4.69) is 184 Å². The van der Waals surface area contributed by atoms with Crippen molar-refractivity contribution in [2.75, 3.05) is 4.90 Å². The van der Waals surface area contributed by atoms with Gasteiger partial charge in [0.15, 0.2) is 0 Å². The summed E-state index contributed by atoms with van der Waals surface area (Å²) in [6.45, 7) is 9.46. The van der Waals surface area contributed by atoms with Crippen molar-refractivity contribution in [2.45, 2.75) is 38.5 Å². The molecule has 0 bridgehead atoms. The Hall–Kier alpha value is -5.40. The van der Waals surface area contributed by atoms with Crippen LogP contribution in [-0.2, 0) is 10.8 Å². The Morgan fingerprint density at radius 1 is 0.383 bits per heavy atom. The minimum atomic E-state index is -0.0895. The molecular formula is C46H37N. The number of anilines is 3. The first-order chi connectivity index (χ1) is 22.8. The minimum Gasteiger partial charge on any atom is -0.310 e. The molecule has 7 aromatic carbocycles. The summed E-state index contributed by atoms with van der Waals surface area (Å²) in [5, 5.41) is 2.52. The number of rotatable bonds is 4. The molecule has 0 aromatic heterocycles. The summed E-state index contributed by atoms with van der Waals surface area (Å²) in [5.74, 6) is 0. The monoisotopic (exact) mass is 603 g/mol. The Kier molecular flexibility index (Phi) is 5.96. The van der Waals surface area contributed by atoms with Crippen LogP contribution in [0.1, 0.15) is 49.9 Å². The molecule has 1 heteroatoms. The molecule has 47 heavy (non-hydrogen) atoms. The molecule has 0 unspecified atom stereocenters. The molecule has 0 spiro atoms. The maximum Gasteiger partial charge on any atom is 0.0543 e. The van der Waals surface area contributed by atoms with Crippen LogP contribution in [0.2, 0.25) is 0 Å². The van der Waals surface area contributed by atoms with Crippen LogP contribution in [-0.4, -0.2) is 0 Å². The van der Waals surface area contributed by atoms with Crippen LogP contribution in [0, 0.1) is 0 Å². The number of nitrogens with zero attached hydrogens (tertiary/aromatic N) is 1. The highest BCUT2D eigenvalue weighted by Crippen LogP contribution is 2.55. The normalized spacial score (nSPS) is 14.7. The molecule has 2 aliphatic carbocycles. The summed E-state index contributed by atoms with van der Waals surface area (Å²) in [7, 11) is 0. The summed E-state index contributed by atoms with van der Waals surface area (Å²) in [4.78, 5) is 2.50. The van der Waals surface area contributed by atoms with Crippen molar-refractivity contribution >= 4 is 27.8 Å². The SMILES string of the molecule is CC1(C)c2ccccc2-c2ccc(N(c3cccc(-c4ccc5ccccc5c4)c3)c3cccc4c3-c3ccccc3C4(C)C)cc21.